The number of amides is 1. The van der Waals surface area contributed by atoms with Gasteiger partial charge in [0.25, 0.3) is 5.69 Å². The zero-order chi connectivity index (χ0) is 17.6. The number of non-ortho nitro benzene ring substituents is 1. The largest absolute Gasteiger partial charge is 0.480 e. The maximum atomic E-state index is 11.9. The molecule has 0 aliphatic heterocycles. The number of rotatable bonds is 8. The summed E-state index contributed by atoms with van der Waals surface area (Å²) in [5, 5.41) is 33.8. The first-order chi connectivity index (χ1) is 10.7. The van der Waals surface area contributed by atoms with Gasteiger partial charge in [0.05, 0.1) is 28.8 Å². The number of anilines is 2. The van der Waals surface area contributed by atoms with Gasteiger partial charge in [-0.1, -0.05) is 0 Å². The van der Waals surface area contributed by atoms with E-state index in [0.717, 1.165) is 6.07 Å². The van der Waals surface area contributed by atoms with Crippen LogP contribution < -0.4 is 16.4 Å². The average molecular weight is 326 g/mol. The molecule has 0 bridgehead atoms. The number of aliphatic hydroxyl groups excluding tert-OH is 1. The van der Waals surface area contributed by atoms with E-state index in [1.807, 2.05) is 0 Å². The predicted octanol–water partition coefficient (Wildman–Crippen LogP) is -0.0708. The number of hydrogen-bond acceptors (Lipinski definition) is 7. The van der Waals surface area contributed by atoms with Gasteiger partial charge in [0.2, 0.25) is 5.91 Å². The normalized spacial score (nSPS) is 13.1. The number of aliphatic hydroxyl groups is 1. The van der Waals surface area contributed by atoms with Crippen molar-refractivity contribution in [3.63, 3.8) is 0 Å². The predicted molar refractivity (Wildman–Crippen MR) is 81.9 cm³/mol. The van der Waals surface area contributed by atoms with Gasteiger partial charge >= 0.3 is 5.97 Å². The zero-order valence-electron chi connectivity index (χ0n) is 12.4. The molecule has 0 saturated heterocycles. The third-order valence-electron chi connectivity index (χ3n) is 2.87. The molecule has 0 heterocycles. The molecule has 23 heavy (non-hydrogen) atoms. The van der Waals surface area contributed by atoms with Crippen LogP contribution in [0.25, 0.3) is 0 Å². The molecule has 0 aliphatic carbocycles. The van der Waals surface area contributed by atoms with E-state index >= 15 is 0 Å². The number of carbonyl (C=O) groups is 2. The van der Waals surface area contributed by atoms with Crippen LogP contribution in [0.4, 0.5) is 17.1 Å². The van der Waals surface area contributed by atoms with Crippen LogP contribution in [0.1, 0.15) is 13.3 Å². The van der Waals surface area contributed by atoms with Crippen LogP contribution in [0.2, 0.25) is 0 Å². The zero-order valence-corrected chi connectivity index (χ0v) is 12.4. The Kier molecular flexibility index (Phi) is 6.42. The SMILES string of the molecule is CC(O)CNC(CC(=O)Nc1cc([N+](=O)[O-])ccc1N)C(=O)O. The van der Waals surface area contributed by atoms with Crippen molar-refractivity contribution >= 4 is 28.9 Å². The minimum atomic E-state index is -1.26. The van der Waals surface area contributed by atoms with Crippen LogP contribution in [-0.2, 0) is 9.59 Å². The Labute approximate surface area is 131 Å². The van der Waals surface area contributed by atoms with Crippen molar-refractivity contribution in [2.75, 3.05) is 17.6 Å². The highest BCUT2D eigenvalue weighted by Gasteiger charge is 2.22. The second-order valence-electron chi connectivity index (χ2n) is 4.93. The highest BCUT2D eigenvalue weighted by Crippen LogP contribution is 2.24. The molecule has 0 saturated carbocycles. The maximum Gasteiger partial charge on any atom is 0.321 e. The van der Waals surface area contributed by atoms with E-state index in [9.17, 15) is 19.7 Å². The number of carboxylic acid groups (broad SMARTS) is 1. The van der Waals surface area contributed by atoms with Crippen LogP contribution in [-0.4, -0.2) is 45.7 Å². The van der Waals surface area contributed by atoms with Crippen LogP contribution >= 0.6 is 0 Å². The Balaban J connectivity index is 2.76. The number of nitro benzene ring substituents is 1. The Morgan fingerprint density at radius 1 is 1.43 bits per heavy atom. The molecule has 1 aromatic rings. The topological polar surface area (TPSA) is 168 Å². The van der Waals surface area contributed by atoms with Crippen molar-refractivity contribution in [2.24, 2.45) is 0 Å². The molecule has 0 aromatic heterocycles. The summed E-state index contributed by atoms with van der Waals surface area (Å²) in [7, 11) is 0. The molecular formula is C13H18N4O6. The minimum Gasteiger partial charge on any atom is -0.480 e. The van der Waals surface area contributed by atoms with Crippen molar-refractivity contribution in [2.45, 2.75) is 25.5 Å². The van der Waals surface area contributed by atoms with Gasteiger partial charge in [-0.25, -0.2) is 0 Å². The number of nitrogens with zero attached hydrogens (tertiary/aromatic N) is 1. The summed E-state index contributed by atoms with van der Waals surface area (Å²) >= 11 is 0. The highest BCUT2D eigenvalue weighted by molar-refractivity contribution is 5.96. The number of carbonyl (C=O) groups excluding carboxylic acids is 1. The van der Waals surface area contributed by atoms with Gasteiger partial charge in [-0.05, 0) is 13.0 Å². The van der Waals surface area contributed by atoms with Crippen LogP contribution in [0.15, 0.2) is 18.2 Å². The second-order valence-corrected chi connectivity index (χ2v) is 4.93. The first-order valence-electron chi connectivity index (χ1n) is 6.68. The van der Waals surface area contributed by atoms with Crippen molar-refractivity contribution in [1.82, 2.24) is 5.32 Å². The van der Waals surface area contributed by atoms with Crippen LogP contribution in [0.5, 0.6) is 0 Å². The Hall–Kier alpha value is -2.72. The number of nitro groups is 1. The Morgan fingerprint density at radius 3 is 2.61 bits per heavy atom. The minimum absolute atomic E-state index is 0.00317. The number of hydrogen-bond donors (Lipinski definition) is 5. The lowest BCUT2D eigenvalue weighted by Gasteiger charge is -2.15. The first kappa shape index (κ1) is 18.3. The summed E-state index contributed by atoms with van der Waals surface area (Å²) in [4.78, 5) is 33.0. The summed E-state index contributed by atoms with van der Waals surface area (Å²) in [6, 6.07) is 2.35. The van der Waals surface area contributed by atoms with Gasteiger partial charge < -0.3 is 26.6 Å². The number of aliphatic carboxylic acids is 1. The fraction of sp³-hybridized carbons (Fsp3) is 0.385. The molecule has 1 amide bonds. The lowest BCUT2D eigenvalue weighted by Crippen LogP contribution is -2.42. The number of nitrogen functional groups attached to an aromatic ring is 1. The van der Waals surface area contributed by atoms with E-state index in [1.54, 1.807) is 0 Å². The number of carboxylic acids is 1. The van der Waals surface area contributed by atoms with Gasteiger partial charge in [0.1, 0.15) is 6.04 Å². The molecule has 0 spiro atoms. The highest BCUT2D eigenvalue weighted by atomic mass is 16.6. The quantitative estimate of drug-likeness (QED) is 0.251. The lowest BCUT2D eigenvalue weighted by molar-refractivity contribution is -0.384. The van der Waals surface area contributed by atoms with Gasteiger partial charge in [0, 0.05) is 18.7 Å². The van der Waals surface area contributed by atoms with Gasteiger partial charge in [-0.2, -0.15) is 0 Å². The number of nitrogens with one attached hydrogen (secondary N) is 2. The monoisotopic (exact) mass is 326 g/mol. The van der Waals surface area contributed by atoms with Crippen molar-refractivity contribution in [3.05, 3.63) is 28.3 Å². The van der Waals surface area contributed by atoms with Crippen LogP contribution in [0.3, 0.4) is 0 Å². The fourth-order valence-corrected chi connectivity index (χ4v) is 1.71. The molecule has 1 rings (SSSR count). The molecule has 0 aliphatic rings. The summed E-state index contributed by atoms with van der Waals surface area (Å²) < 4.78 is 0. The summed E-state index contributed by atoms with van der Waals surface area (Å²) in [6.07, 6.45) is -1.20. The van der Waals surface area contributed by atoms with E-state index < -0.39 is 35.4 Å². The Bertz CT molecular complexity index is 604. The summed E-state index contributed by atoms with van der Waals surface area (Å²) in [5.41, 5.74) is 5.52. The van der Waals surface area contributed by atoms with E-state index in [1.165, 1.54) is 19.1 Å². The van der Waals surface area contributed by atoms with Gasteiger partial charge in [-0.15, -0.1) is 0 Å². The van der Waals surface area contributed by atoms with E-state index in [2.05, 4.69) is 10.6 Å². The molecule has 126 valence electrons. The third kappa shape index (κ3) is 5.88. The molecule has 10 nitrogen and oxygen atoms in total. The first-order valence-corrected chi connectivity index (χ1v) is 6.68. The molecular weight excluding hydrogens is 308 g/mol. The smallest absolute Gasteiger partial charge is 0.321 e. The van der Waals surface area contributed by atoms with E-state index in [-0.39, 0.29) is 23.6 Å². The molecule has 0 fully saturated rings. The van der Waals surface area contributed by atoms with Crippen molar-refractivity contribution < 1.29 is 24.7 Å². The summed E-state index contributed by atoms with van der Waals surface area (Å²) in [5.74, 6) is -1.93. The third-order valence-corrected chi connectivity index (χ3v) is 2.87. The molecule has 6 N–H and O–H groups in total. The standard InChI is InChI=1S/C13H18N4O6/c1-7(18)6-15-11(13(20)21)5-12(19)16-10-4-8(17(22)23)2-3-9(10)14/h2-4,7,11,15,18H,5-6,14H2,1H3,(H,16,19)(H,20,21). The molecule has 2 unspecified atom stereocenters. The Morgan fingerprint density at radius 2 is 2.09 bits per heavy atom. The molecule has 1 aromatic carbocycles. The van der Waals surface area contributed by atoms with E-state index in [4.69, 9.17) is 15.9 Å². The second kappa shape index (κ2) is 8.06. The molecule has 2 atom stereocenters. The van der Waals surface area contributed by atoms with Crippen LogP contribution in [0, 0.1) is 10.1 Å². The molecule has 0 radical (unpaired) electrons. The fourth-order valence-electron chi connectivity index (χ4n) is 1.71. The van der Waals surface area contributed by atoms with Crippen molar-refractivity contribution in [1.29, 1.82) is 0 Å². The summed E-state index contributed by atoms with van der Waals surface area (Å²) in [6.45, 7) is 1.47. The molecule has 10 heteroatoms. The van der Waals surface area contributed by atoms with Crippen molar-refractivity contribution in [3.8, 4) is 0 Å². The maximum absolute atomic E-state index is 11.9. The number of benzene rings is 1. The average Bonchev–Trinajstić information content (AvgIpc) is 2.44. The number of nitrogens with two attached hydrogens (primary N) is 1. The van der Waals surface area contributed by atoms with Gasteiger partial charge in [0.15, 0.2) is 0 Å². The van der Waals surface area contributed by atoms with E-state index in [0.29, 0.717) is 0 Å². The lowest BCUT2D eigenvalue weighted by atomic mass is 10.1. The van der Waals surface area contributed by atoms with Gasteiger partial charge in [-0.3, -0.25) is 19.7 Å².